The minimum Gasteiger partial charge on any atom is -0.303 e. The highest BCUT2D eigenvalue weighted by Crippen LogP contribution is 2.32. The van der Waals surface area contributed by atoms with E-state index in [-0.39, 0.29) is 5.92 Å². The largest absolute Gasteiger partial charge is 0.303 e. The third-order valence-electron chi connectivity index (χ3n) is 3.85. The molecule has 1 aromatic rings. The summed E-state index contributed by atoms with van der Waals surface area (Å²) in [6, 6.07) is 8.93. The van der Waals surface area contributed by atoms with E-state index in [0.717, 1.165) is 18.6 Å². The van der Waals surface area contributed by atoms with Crippen LogP contribution >= 0.6 is 0 Å². The molecule has 1 atom stereocenters. The summed E-state index contributed by atoms with van der Waals surface area (Å²) < 4.78 is 0. The van der Waals surface area contributed by atoms with E-state index in [4.69, 9.17) is 0 Å². The molecule has 0 unspecified atom stereocenters. The zero-order valence-electron chi connectivity index (χ0n) is 10.7. The number of hydrogen-bond donors (Lipinski definition) is 0. The molecule has 17 heavy (non-hydrogen) atoms. The number of rotatable bonds is 4. The second-order valence-corrected chi connectivity index (χ2v) is 5.39. The molecule has 0 aliphatic heterocycles. The van der Waals surface area contributed by atoms with Gasteiger partial charge in [0.25, 0.3) is 0 Å². The first-order chi connectivity index (χ1) is 8.29. The Morgan fingerprint density at radius 3 is 2.41 bits per heavy atom. The summed E-state index contributed by atoms with van der Waals surface area (Å²) in [7, 11) is 0. The van der Waals surface area contributed by atoms with Crippen LogP contribution in [0.2, 0.25) is 0 Å². The summed E-state index contributed by atoms with van der Waals surface area (Å²) in [6.45, 7) is 1.97. The molecule has 92 valence electrons. The van der Waals surface area contributed by atoms with Crippen LogP contribution in [0, 0.1) is 5.92 Å². The Kier molecular flexibility index (Phi) is 4.36. The van der Waals surface area contributed by atoms with E-state index < -0.39 is 0 Å². The van der Waals surface area contributed by atoms with Crippen LogP contribution in [0.25, 0.3) is 0 Å². The number of carbonyl (C=O) groups excluding carboxylic acids is 1. The summed E-state index contributed by atoms with van der Waals surface area (Å²) in [6.07, 6.45) is 8.78. The standard InChI is InChI=1S/C16H22O/c1-13(12-17)11-14-7-9-16(10-8-14)15-5-3-2-4-6-15/h7-10,12-13,15H,2-6,11H2,1H3/t13-/m1/s1. The van der Waals surface area contributed by atoms with Gasteiger partial charge in [-0.15, -0.1) is 0 Å². The van der Waals surface area contributed by atoms with Crippen molar-refractivity contribution in [3.63, 3.8) is 0 Å². The maximum atomic E-state index is 10.6. The Morgan fingerprint density at radius 1 is 1.18 bits per heavy atom. The van der Waals surface area contributed by atoms with Crippen LogP contribution in [0.4, 0.5) is 0 Å². The normalized spacial score (nSPS) is 18.9. The predicted octanol–water partition coefficient (Wildman–Crippen LogP) is 4.11. The lowest BCUT2D eigenvalue weighted by molar-refractivity contribution is -0.110. The molecule has 1 nitrogen and oxygen atoms in total. The molecule has 0 radical (unpaired) electrons. The van der Waals surface area contributed by atoms with Crippen LogP contribution in [0.1, 0.15) is 56.1 Å². The molecule has 0 bridgehead atoms. The van der Waals surface area contributed by atoms with Crippen molar-refractivity contribution in [1.82, 2.24) is 0 Å². The van der Waals surface area contributed by atoms with Gasteiger partial charge in [-0.05, 0) is 36.3 Å². The van der Waals surface area contributed by atoms with Gasteiger partial charge in [0.15, 0.2) is 0 Å². The lowest BCUT2D eigenvalue weighted by Gasteiger charge is -2.22. The molecular formula is C16H22O. The first kappa shape index (κ1) is 12.3. The van der Waals surface area contributed by atoms with Gasteiger partial charge in [0.05, 0.1) is 0 Å². The highest BCUT2D eigenvalue weighted by molar-refractivity contribution is 5.53. The highest BCUT2D eigenvalue weighted by Gasteiger charge is 2.15. The monoisotopic (exact) mass is 230 g/mol. The zero-order valence-corrected chi connectivity index (χ0v) is 10.7. The fraction of sp³-hybridized carbons (Fsp3) is 0.562. The van der Waals surface area contributed by atoms with Gasteiger partial charge in [-0.25, -0.2) is 0 Å². The van der Waals surface area contributed by atoms with E-state index in [1.54, 1.807) is 0 Å². The molecule has 0 N–H and O–H groups in total. The molecule has 0 aromatic heterocycles. The molecular weight excluding hydrogens is 208 g/mol. The summed E-state index contributed by atoms with van der Waals surface area (Å²) in [4.78, 5) is 10.6. The van der Waals surface area contributed by atoms with Crippen LogP contribution < -0.4 is 0 Å². The van der Waals surface area contributed by atoms with Gasteiger partial charge in [0, 0.05) is 5.92 Å². The first-order valence-electron chi connectivity index (χ1n) is 6.83. The fourth-order valence-corrected chi connectivity index (χ4v) is 2.78. The quantitative estimate of drug-likeness (QED) is 0.711. The summed E-state index contributed by atoms with van der Waals surface area (Å²) in [5, 5.41) is 0. The average molecular weight is 230 g/mol. The molecule has 0 amide bonds. The molecule has 1 heteroatoms. The van der Waals surface area contributed by atoms with Gasteiger partial charge in [-0.2, -0.15) is 0 Å². The van der Waals surface area contributed by atoms with Crippen molar-refractivity contribution in [3.8, 4) is 0 Å². The maximum absolute atomic E-state index is 10.6. The fourth-order valence-electron chi connectivity index (χ4n) is 2.78. The molecule has 1 saturated carbocycles. The number of aldehydes is 1. The Bertz CT molecular complexity index is 346. The van der Waals surface area contributed by atoms with E-state index in [9.17, 15) is 4.79 Å². The second kappa shape index (κ2) is 6.00. The van der Waals surface area contributed by atoms with E-state index in [0.29, 0.717) is 0 Å². The molecule has 1 aromatic carbocycles. The molecule has 0 saturated heterocycles. The van der Waals surface area contributed by atoms with Gasteiger partial charge < -0.3 is 4.79 Å². The summed E-state index contributed by atoms with van der Waals surface area (Å²) >= 11 is 0. The summed E-state index contributed by atoms with van der Waals surface area (Å²) in [5.41, 5.74) is 2.77. The van der Waals surface area contributed by atoms with Gasteiger partial charge in [0.2, 0.25) is 0 Å². The first-order valence-corrected chi connectivity index (χ1v) is 6.83. The molecule has 0 spiro atoms. The number of benzene rings is 1. The topological polar surface area (TPSA) is 17.1 Å². The SMILES string of the molecule is C[C@@H](C=O)Cc1ccc(C2CCCCC2)cc1. The molecule has 0 heterocycles. The number of hydrogen-bond acceptors (Lipinski definition) is 1. The van der Waals surface area contributed by atoms with Crippen LogP contribution in [-0.4, -0.2) is 6.29 Å². The van der Waals surface area contributed by atoms with E-state index >= 15 is 0 Å². The van der Waals surface area contributed by atoms with E-state index in [2.05, 4.69) is 24.3 Å². The average Bonchev–Trinajstić information content (AvgIpc) is 2.40. The van der Waals surface area contributed by atoms with Crippen LogP contribution in [0.5, 0.6) is 0 Å². The number of carbonyl (C=O) groups is 1. The third-order valence-corrected chi connectivity index (χ3v) is 3.85. The summed E-state index contributed by atoms with van der Waals surface area (Å²) in [5.74, 6) is 0.914. The third kappa shape index (κ3) is 3.42. The van der Waals surface area contributed by atoms with Crippen molar-refractivity contribution in [1.29, 1.82) is 0 Å². The van der Waals surface area contributed by atoms with Crippen LogP contribution in [-0.2, 0) is 11.2 Å². The molecule has 1 fully saturated rings. The minimum atomic E-state index is 0.135. The predicted molar refractivity (Wildman–Crippen MR) is 71.2 cm³/mol. The highest BCUT2D eigenvalue weighted by atomic mass is 16.1. The molecule has 1 aliphatic rings. The van der Waals surface area contributed by atoms with Crippen molar-refractivity contribution >= 4 is 6.29 Å². The lowest BCUT2D eigenvalue weighted by Crippen LogP contribution is -2.05. The van der Waals surface area contributed by atoms with Crippen molar-refractivity contribution < 1.29 is 4.79 Å². The molecule has 2 rings (SSSR count). The van der Waals surface area contributed by atoms with Crippen molar-refractivity contribution in [2.45, 2.75) is 51.4 Å². The van der Waals surface area contributed by atoms with Crippen LogP contribution in [0.15, 0.2) is 24.3 Å². The lowest BCUT2D eigenvalue weighted by atomic mass is 9.83. The Morgan fingerprint density at radius 2 is 1.82 bits per heavy atom. The Labute approximate surface area is 104 Å². The van der Waals surface area contributed by atoms with E-state index in [1.165, 1.54) is 43.2 Å². The Balaban J connectivity index is 1.99. The second-order valence-electron chi connectivity index (χ2n) is 5.39. The van der Waals surface area contributed by atoms with E-state index in [1.807, 2.05) is 6.92 Å². The Hall–Kier alpha value is -1.11. The molecule has 1 aliphatic carbocycles. The smallest absolute Gasteiger partial charge is 0.123 e. The van der Waals surface area contributed by atoms with Crippen LogP contribution in [0.3, 0.4) is 0 Å². The maximum Gasteiger partial charge on any atom is 0.123 e. The van der Waals surface area contributed by atoms with Gasteiger partial charge in [-0.3, -0.25) is 0 Å². The van der Waals surface area contributed by atoms with Gasteiger partial charge in [-0.1, -0.05) is 50.5 Å². The minimum absolute atomic E-state index is 0.135. The van der Waals surface area contributed by atoms with Crippen molar-refractivity contribution in [3.05, 3.63) is 35.4 Å². The van der Waals surface area contributed by atoms with Gasteiger partial charge in [0.1, 0.15) is 6.29 Å². The zero-order chi connectivity index (χ0) is 12.1. The van der Waals surface area contributed by atoms with Crippen molar-refractivity contribution in [2.75, 3.05) is 0 Å². The van der Waals surface area contributed by atoms with Gasteiger partial charge >= 0.3 is 0 Å². The van der Waals surface area contributed by atoms with Crippen molar-refractivity contribution in [2.24, 2.45) is 5.92 Å².